The number of hydrogen-bond donors (Lipinski definition) is 0. The van der Waals surface area contributed by atoms with E-state index in [4.69, 9.17) is 0 Å². The summed E-state index contributed by atoms with van der Waals surface area (Å²) in [5.41, 5.74) is 2.87. The average molecular weight is 180 g/mol. The van der Waals surface area contributed by atoms with Gasteiger partial charge in [-0.2, -0.15) is 0 Å². The summed E-state index contributed by atoms with van der Waals surface area (Å²) in [6.45, 7) is 6.57. The maximum Gasteiger partial charge on any atom is 0.0117 e. The first-order valence-corrected chi connectivity index (χ1v) is 5.41. The number of thiophene rings is 1. The molecule has 0 N–H and O–H groups in total. The first-order valence-electron chi connectivity index (χ1n) is 4.53. The Morgan fingerprint density at radius 2 is 2.17 bits per heavy atom. The molecule has 0 radical (unpaired) electrons. The predicted molar refractivity (Wildman–Crippen MR) is 57.8 cm³/mol. The summed E-state index contributed by atoms with van der Waals surface area (Å²) in [6.07, 6.45) is 6.76. The highest BCUT2D eigenvalue weighted by atomic mass is 32.1. The number of hydrogen-bond acceptors (Lipinski definition) is 1. The zero-order valence-electron chi connectivity index (χ0n) is 8.05. The van der Waals surface area contributed by atoms with E-state index in [1.807, 2.05) is 11.3 Å². The van der Waals surface area contributed by atoms with Gasteiger partial charge in [-0.3, -0.25) is 0 Å². The SMILES string of the molecule is CC/C=C\c1c(C)csc1CC. The summed E-state index contributed by atoms with van der Waals surface area (Å²) in [5.74, 6) is 0. The minimum atomic E-state index is 1.12. The molecule has 0 aliphatic rings. The molecule has 0 saturated heterocycles. The number of aryl methyl sites for hydroxylation is 2. The Morgan fingerprint density at radius 3 is 2.75 bits per heavy atom. The van der Waals surface area contributed by atoms with Gasteiger partial charge in [0.05, 0.1) is 0 Å². The van der Waals surface area contributed by atoms with Crippen molar-refractivity contribution in [2.45, 2.75) is 33.6 Å². The molecular formula is C11H16S. The molecular weight excluding hydrogens is 164 g/mol. The molecule has 1 heteroatoms. The third-order valence-electron chi connectivity index (χ3n) is 1.94. The lowest BCUT2D eigenvalue weighted by Crippen LogP contribution is -1.79. The van der Waals surface area contributed by atoms with E-state index in [9.17, 15) is 0 Å². The Balaban J connectivity index is 2.94. The highest BCUT2D eigenvalue weighted by molar-refractivity contribution is 7.10. The molecule has 0 unspecified atom stereocenters. The lowest BCUT2D eigenvalue weighted by Gasteiger charge is -1.95. The molecule has 0 spiro atoms. The molecule has 0 fully saturated rings. The van der Waals surface area contributed by atoms with Crippen LogP contribution in [-0.4, -0.2) is 0 Å². The fourth-order valence-corrected chi connectivity index (χ4v) is 2.21. The first kappa shape index (κ1) is 9.53. The normalized spacial score (nSPS) is 11.2. The van der Waals surface area contributed by atoms with Crippen LogP contribution in [0.2, 0.25) is 0 Å². The van der Waals surface area contributed by atoms with Crippen molar-refractivity contribution in [2.24, 2.45) is 0 Å². The summed E-state index contributed by atoms with van der Waals surface area (Å²) in [7, 11) is 0. The summed E-state index contributed by atoms with van der Waals surface area (Å²) in [4.78, 5) is 1.51. The minimum absolute atomic E-state index is 1.12. The largest absolute Gasteiger partial charge is 0.148 e. The monoisotopic (exact) mass is 180 g/mol. The molecule has 0 aliphatic carbocycles. The maximum absolute atomic E-state index is 2.25. The number of allylic oxidation sites excluding steroid dienone is 1. The minimum Gasteiger partial charge on any atom is -0.148 e. The average Bonchev–Trinajstić information content (AvgIpc) is 2.43. The van der Waals surface area contributed by atoms with Crippen LogP contribution < -0.4 is 0 Å². The predicted octanol–water partition coefficient (Wildman–Crippen LogP) is 4.04. The fourth-order valence-electron chi connectivity index (χ4n) is 1.24. The van der Waals surface area contributed by atoms with E-state index >= 15 is 0 Å². The highest BCUT2D eigenvalue weighted by Crippen LogP contribution is 2.23. The lowest BCUT2D eigenvalue weighted by atomic mass is 10.1. The van der Waals surface area contributed by atoms with Crippen LogP contribution in [0.1, 0.15) is 36.3 Å². The Bertz CT molecular complexity index is 269. The lowest BCUT2D eigenvalue weighted by molar-refractivity contribution is 1.17. The zero-order valence-corrected chi connectivity index (χ0v) is 8.87. The van der Waals surface area contributed by atoms with E-state index in [1.54, 1.807) is 0 Å². The van der Waals surface area contributed by atoms with Crippen molar-refractivity contribution in [3.63, 3.8) is 0 Å². The Morgan fingerprint density at radius 1 is 1.42 bits per heavy atom. The molecule has 0 atom stereocenters. The molecule has 0 aromatic carbocycles. The summed E-state index contributed by atoms with van der Waals surface area (Å²) in [5, 5.41) is 2.24. The van der Waals surface area contributed by atoms with Gasteiger partial charge in [0.25, 0.3) is 0 Å². The van der Waals surface area contributed by atoms with Gasteiger partial charge in [-0.05, 0) is 36.3 Å². The Kier molecular flexibility index (Phi) is 3.54. The van der Waals surface area contributed by atoms with E-state index in [2.05, 4.69) is 38.3 Å². The van der Waals surface area contributed by atoms with Gasteiger partial charge in [-0.25, -0.2) is 0 Å². The van der Waals surface area contributed by atoms with Crippen LogP contribution in [0.3, 0.4) is 0 Å². The van der Waals surface area contributed by atoms with Gasteiger partial charge in [0, 0.05) is 4.88 Å². The van der Waals surface area contributed by atoms with Gasteiger partial charge in [0.1, 0.15) is 0 Å². The first-order chi connectivity index (χ1) is 5.79. The van der Waals surface area contributed by atoms with Crippen LogP contribution >= 0.6 is 11.3 Å². The molecule has 0 amide bonds. The highest BCUT2D eigenvalue weighted by Gasteiger charge is 2.02. The molecule has 1 aromatic heterocycles. The standard InChI is InChI=1S/C11H16S/c1-4-6-7-10-9(3)8-12-11(10)5-2/h6-8H,4-5H2,1-3H3/b7-6-. The molecule has 1 rings (SSSR count). The summed E-state index contributed by atoms with van der Waals surface area (Å²) in [6, 6.07) is 0. The van der Waals surface area contributed by atoms with Crippen LogP contribution in [0.5, 0.6) is 0 Å². The molecule has 0 nitrogen and oxygen atoms in total. The van der Waals surface area contributed by atoms with Gasteiger partial charge >= 0.3 is 0 Å². The fraction of sp³-hybridized carbons (Fsp3) is 0.455. The number of rotatable bonds is 3. The quantitative estimate of drug-likeness (QED) is 0.658. The molecule has 1 heterocycles. The second kappa shape index (κ2) is 4.46. The van der Waals surface area contributed by atoms with Gasteiger partial charge in [-0.1, -0.05) is 26.0 Å². The molecule has 0 bridgehead atoms. The molecule has 1 aromatic rings. The van der Waals surface area contributed by atoms with Crippen LogP contribution in [0.4, 0.5) is 0 Å². The van der Waals surface area contributed by atoms with Crippen LogP contribution in [-0.2, 0) is 6.42 Å². The zero-order chi connectivity index (χ0) is 8.97. The maximum atomic E-state index is 2.25. The smallest absolute Gasteiger partial charge is 0.0117 e. The summed E-state index contributed by atoms with van der Waals surface area (Å²) < 4.78 is 0. The van der Waals surface area contributed by atoms with Gasteiger partial charge in [0.15, 0.2) is 0 Å². The van der Waals surface area contributed by atoms with Crippen molar-refractivity contribution < 1.29 is 0 Å². The van der Waals surface area contributed by atoms with Crippen LogP contribution in [0.25, 0.3) is 6.08 Å². The van der Waals surface area contributed by atoms with Crippen LogP contribution in [0.15, 0.2) is 11.5 Å². The molecule has 66 valence electrons. The van der Waals surface area contributed by atoms with Crippen molar-refractivity contribution in [1.29, 1.82) is 0 Å². The molecule has 0 aliphatic heterocycles. The summed E-state index contributed by atoms with van der Waals surface area (Å²) >= 11 is 1.88. The van der Waals surface area contributed by atoms with Crippen molar-refractivity contribution in [3.8, 4) is 0 Å². The van der Waals surface area contributed by atoms with Gasteiger partial charge in [-0.15, -0.1) is 11.3 Å². The van der Waals surface area contributed by atoms with E-state index in [0.29, 0.717) is 0 Å². The Labute approximate surface area is 78.9 Å². The van der Waals surface area contributed by atoms with E-state index in [0.717, 1.165) is 12.8 Å². The van der Waals surface area contributed by atoms with E-state index in [1.165, 1.54) is 16.0 Å². The van der Waals surface area contributed by atoms with Crippen molar-refractivity contribution in [1.82, 2.24) is 0 Å². The van der Waals surface area contributed by atoms with Gasteiger partial charge < -0.3 is 0 Å². The molecule has 0 saturated carbocycles. The second-order valence-electron chi connectivity index (χ2n) is 2.92. The van der Waals surface area contributed by atoms with E-state index in [-0.39, 0.29) is 0 Å². The second-order valence-corrected chi connectivity index (χ2v) is 3.88. The van der Waals surface area contributed by atoms with Crippen molar-refractivity contribution >= 4 is 17.4 Å². The Hall–Kier alpha value is -0.560. The van der Waals surface area contributed by atoms with Gasteiger partial charge in [0.2, 0.25) is 0 Å². The topological polar surface area (TPSA) is 0 Å². The third-order valence-corrected chi connectivity index (χ3v) is 3.21. The molecule has 12 heavy (non-hydrogen) atoms. The van der Waals surface area contributed by atoms with E-state index < -0.39 is 0 Å². The van der Waals surface area contributed by atoms with Crippen molar-refractivity contribution in [3.05, 3.63) is 27.5 Å². The third kappa shape index (κ3) is 1.98. The van der Waals surface area contributed by atoms with Crippen molar-refractivity contribution in [2.75, 3.05) is 0 Å². The van der Waals surface area contributed by atoms with Crippen LogP contribution in [0, 0.1) is 6.92 Å².